The SMILES string of the molecule is NC(=S)NN=Cc1cc(-c2ccc(CO)cc2)ccc1O. The van der Waals surface area contributed by atoms with E-state index in [2.05, 4.69) is 22.7 Å². The van der Waals surface area contributed by atoms with Crippen molar-refractivity contribution in [3.63, 3.8) is 0 Å². The normalized spacial score (nSPS) is 10.7. The summed E-state index contributed by atoms with van der Waals surface area (Å²) in [6, 6.07) is 12.7. The number of nitrogens with two attached hydrogens (primary N) is 1. The fraction of sp³-hybridized carbons (Fsp3) is 0.0667. The summed E-state index contributed by atoms with van der Waals surface area (Å²) in [5.74, 6) is 0.110. The molecule has 0 saturated carbocycles. The molecule has 0 aliphatic carbocycles. The number of phenols is 1. The summed E-state index contributed by atoms with van der Waals surface area (Å²) in [6.07, 6.45) is 1.44. The summed E-state index contributed by atoms with van der Waals surface area (Å²) in [4.78, 5) is 0. The van der Waals surface area contributed by atoms with Crippen molar-refractivity contribution < 1.29 is 10.2 Å². The van der Waals surface area contributed by atoms with Gasteiger partial charge in [-0.05, 0) is 41.0 Å². The fourth-order valence-corrected chi connectivity index (χ4v) is 1.86. The number of hydrogen-bond acceptors (Lipinski definition) is 4. The van der Waals surface area contributed by atoms with Crippen LogP contribution in [0.15, 0.2) is 47.6 Å². The Morgan fingerprint density at radius 1 is 1.19 bits per heavy atom. The molecule has 0 saturated heterocycles. The molecule has 0 amide bonds. The predicted octanol–water partition coefficient (Wildman–Crippen LogP) is 1.72. The number of benzene rings is 2. The number of aromatic hydroxyl groups is 1. The van der Waals surface area contributed by atoms with Crippen molar-refractivity contribution >= 4 is 23.5 Å². The molecular formula is C15H15N3O2S. The molecule has 0 bridgehead atoms. The second-order valence-electron chi connectivity index (χ2n) is 4.36. The van der Waals surface area contributed by atoms with Gasteiger partial charge in [0.15, 0.2) is 5.11 Å². The molecule has 6 heteroatoms. The van der Waals surface area contributed by atoms with Gasteiger partial charge in [-0.3, -0.25) is 5.43 Å². The lowest BCUT2D eigenvalue weighted by atomic mass is 10.0. The van der Waals surface area contributed by atoms with Crippen molar-refractivity contribution in [3.05, 3.63) is 53.6 Å². The Balaban J connectivity index is 2.28. The van der Waals surface area contributed by atoms with Gasteiger partial charge < -0.3 is 15.9 Å². The van der Waals surface area contributed by atoms with E-state index in [1.165, 1.54) is 6.21 Å². The third kappa shape index (κ3) is 4.01. The van der Waals surface area contributed by atoms with E-state index in [-0.39, 0.29) is 17.5 Å². The lowest BCUT2D eigenvalue weighted by Gasteiger charge is -2.06. The topological polar surface area (TPSA) is 90.9 Å². The lowest BCUT2D eigenvalue weighted by molar-refractivity contribution is 0.282. The molecular weight excluding hydrogens is 286 g/mol. The van der Waals surface area contributed by atoms with Crippen LogP contribution in [0.3, 0.4) is 0 Å². The molecule has 0 fully saturated rings. The van der Waals surface area contributed by atoms with Crippen LogP contribution in [0.4, 0.5) is 0 Å². The highest BCUT2D eigenvalue weighted by molar-refractivity contribution is 7.80. The first kappa shape index (κ1) is 15.0. The van der Waals surface area contributed by atoms with Crippen LogP contribution in [0.5, 0.6) is 5.75 Å². The molecule has 0 aromatic heterocycles. The van der Waals surface area contributed by atoms with E-state index in [1.807, 2.05) is 30.3 Å². The van der Waals surface area contributed by atoms with Crippen LogP contribution < -0.4 is 11.2 Å². The average molecular weight is 301 g/mol. The summed E-state index contributed by atoms with van der Waals surface area (Å²) >= 11 is 4.64. The molecule has 21 heavy (non-hydrogen) atoms. The van der Waals surface area contributed by atoms with Gasteiger partial charge in [-0.15, -0.1) is 0 Å². The summed E-state index contributed by atoms with van der Waals surface area (Å²) in [6.45, 7) is 0.0123. The largest absolute Gasteiger partial charge is 0.507 e. The number of aliphatic hydroxyl groups excluding tert-OH is 1. The standard InChI is InChI=1S/C15H15N3O2S/c16-15(21)18-17-8-13-7-12(5-6-14(13)20)11-3-1-10(9-19)2-4-11/h1-8,19-20H,9H2,(H3,16,18,21). The molecule has 0 radical (unpaired) electrons. The maximum atomic E-state index is 9.81. The van der Waals surface area contributed by atoms with Gasteiger partial charge in [0.05, 0.1) is 12.8 Å². The van der Waals surface area contributed by atoms with Gasteiger partial charge in [0.25, 0.3) is 0 Å². The molecule has 0 spiro atoms. The van der Waals surface area contributed by atoms with Crippen molar-refractivity contribution in [1.82, 2.24) is 5.43 Å². The van der Waals surface area contributed by atoms with E-state index < -0.39 is 0 Å². The summed E-state index contributed by atoms with van der Waals surface area (Å²) in [7, 11) is 0. The zero-order valence-electron chi connectivity index (χ0n) is 11.2. The van der Waals surface area contributed by atoms with Crippen LogP contribution in [-0.4, -0.2) is 21.5 Å². The van der Waals surface area contributed by atoms with E-state index in [0.717, 1.165) is 16.7 Å². The minimum atomic E-state index is 0.0123. The maximum absolute atomic E-state index is 9.81. The Hall–Kier alpha value is -2.44. The van der Waals surface area contributed by atoms with E-state index in [9.17, 15) is 5.11 Å². The summed E-state index contributed by atoms with van der Waals surface area (Å²) < 4.78 is 0. The fourth-order valence-electron chi connectivity index (χ4n) is 1.81. The van der Waals surface area contributed by atoms with E-state index in [4.69, 9.17) is 10.8 Å². The third-order valence-corrected chi connectivity index (χ3v) is 2.97. The first-order valence-electron chi connectivity index (χ1n) is 6.22. The molecule has 108 valence electrons. The highest BCUT2D eigenvalue weighted by atomic mass is 32.1. The van der Waals surface area contributed by atoms with Crippen LogP contribution >= 0.6 is 12.2 Å². The molecule has 0 aliphatic heterocycles. The molecule has 5 nitrogen and oxygen atoms in total. The second kappa shape index (κ2) is 6.83. The second-order valence-corrected chi connectivity index (χ2v) is 4.80. The number of nitrogens with one attached hydrogen (secondary N) is 1. The minimum absolute atomic E-state index is 0.0123. The Bertz CT molecular complexity index is 669. The number of thiocarbonyl (C=S) groups is 1. The van der Waals surface area contributed by atoms with Gasteiger partial charge in [0.1, 0.15) is 5.75 Å². The number of rotatable bonds is 4. The first-order chi connectivity index (χ1) is 10.1. The monoisotopic (exact) mass is 301 g/mol. The van der Waals surface area contributed by atoms with Crippen LogP contribution in [0.1, 0.15) is 11.1 Å². The predicted molar refractivity (Wildman–Crippen MR) is 87.0 cm³/mol. The molecule has 0 aliphatic rings. The van der Waals surface area contributed by atoms with Gasteiger partial charge in [0, 0.05) is 5.56 Å². The number of phenolic OH excluding ortho intramolecular Hbond substituents is 1. The molecule has 0 atom stereocenters. The van der Waals surface area contributed by atoms with E-state index in [1.54, 1.807) is 12.1 Å². The summed E-state index contributed by atoms with van der Waals surface area (Å²) in [5.41, 5.74) is 11.0. The van der Waals surface area contributed by atoms with Crippen LogP contribution in [0, 0.1) is 0 Å². The lowest BCUT2D eigenvalue weighted by Crippen LogP contribution is -2.23. The first-order valence-corrected chi connectivity index (χ1v) is 6.62. The zero-order chi connectivity index (χ0) is 15.2. The van der Waals surface area contributed by atoms with Crippen molar-refractivity contribution in [1.29, 1.82) is 0 Å². The van der Waals surface area contributed by atoms with Gasteiger partial charge >= 0.3 is 0 Å². The van der Waals surface area contributed by atoms with Gasteiger partial charge in [-0.25, -0.2) is 0 Å². The maximum Gasteiger partial charge on any atom is 0.184 e. The molecule has 2 aromatic carbocycles. The Morgan fingerprint density at radius 2 is 1.86 bits per heavy atom. The van der Waals surface area contributed by atoms with E-state index >= 15 is 0 Å². The van der Waals surface area contributed by atoms with Crippen LogP contribution in [0.25, 0.3) is 11.1 Å². The molecule has 5 N–H and O–H groups in total. The molecule has 0 heterocycles. The van der Waals surface area contributed by atoms with Crippen LogP contribution in [-0.2, 0) is 6.61 Å². The number of hydrazone groups is 1. The van der Waals surface area contributed by atoms with Gasteiger partial charge in [0.2, 0.25) is 0 Å². The van der Waals surface area contributed by atoms with Crippen molar-refractivity contribution in [2.45, 2.75) is 6.61 Å². The molecule has 2 rings (SSSR count). The highest BCUT2D eigenvalue weighted by Crippen LogP contribution is 2.25. The number of aliphatic hydroxyl groups is 1. The summed E-state index contributed by atoms with van der Waals surface area (Å²) in [5, 5.41) is 22.7. The number of nitrogens with zero attached hydrogens (tertiary/aromatic N) is 1. The third-order valence-electron chi connectivity index (χ3n) is 2.88. The zero-order valence-corrected chi connectivity index (χ0v) is 12.0. The smallest absolute Gasteiger partial charge is 0.184 e. The average Bonchev–Trinajstić information content (AvgIpc) is 2.49. The quantitative estimate of drug-likeness (QED) is 0.392. The Morgan fingerprint density at radius 3 is 2.48 bits per heavy atom. The van der Waals surface area contributed by atoms with Crippen LogP contribution in [0.2, 0.25) is 0 Å². The number of hydrogen-bond donors (Lipinski definition) is 4. The van der Waals surface area contributed by atoms with Crippen molar-refractivity contribution in [2.75, 3.05) is 0 Å². The van der Waals surface area contributed by atoms with Gasteiger partial charge in [-0.1, -0.05) is 30.3 Å². The molecule has 0 unspecified atom stereocenters. The molecule has 2 aromatic rings. The van der Waals surface area contributed by atoms with Crippen molar-refractivity contribution in [2.24, 2.45) is 10.8 Å². The Labute approximate surface area is 127 Å². The van der Waals surface area contributed by atoms with Gasteiger partial charge in [-0.2, -0.15) is 5.10 Å². The highest BCUT2D eigenvalue weighted by Gasteiger charge is 2.03. The minimum Gasteiger partial charge on any atom is -0.507 e. The van der Waals surface area contributed by atoms with E-state index in [0.29, 0.717) is 5.56 Å². The Kier molecular flexibility index (Phi) is 4.86. The van der Waals surface area contributed by atoms with Crippen molar-refractivity contribution in [3.8, 4) is 16.9 Å².